The topological polar surface area (TPSA) is 95.6 Å². The van der Waals surface area contributed by atoms with Crippen LogP contribution in [0.5, 0.6) is 0 Å². The van der Waals surface area contributed by atoms with Crippen molar-refractivity contribution in [2.75, 3.05) is 43.4 Å². The Hall–Kier alpha value is -1.89. The molecule has 0 aromatic carbocycles. The van der Waals surface area contributed by atoms with Gasteiger partial charge >= 0.3 is 0 Å². The summed E-state index contributed by atoms with van der Waals surface area (Å²) in [5.41, 5.74) is 5.88. The van der Waals surface area contributed by atoms with Crippen molar-refractivity contribution in [2.45, 2.75) is 32.1 Å². The zero-order valence-electron chi connectivity index (χ0n) is 13.4. The predicted octanol–water partition coefficient (Wildman–Crippen LogP) is 0.650. The predicted molar refractivity (Wildman–Crippen MR) is 87.8 cm³/mol. The number of piperidine rings is 2. The number of anilines is 2. The van der Waals surface area contributed by atoms with Crippen molar-refractivity contribution in [3.05, 3.63) is 12.3 Å². The van der Waals surface area contributed by atoms with Crippen molar-refractivity contribution in [1.29, 1.82) is 0 Å². The fraction of sp³-hybridized carbons (Fsp3) is 0.688. The van der Waals surface area contributed by atoms with E-state index < -0.39 is 0 Å². The zero-order valence-corrected chi connectivity index (χ0v) is 13.4. The van der Waals surface area contributed by atoms with E-state index in [1.165, 1.54) is 0 Å². The number of carbonyl (C=O) groups excluding carboxylic acids is 1. The van der Waals surface area contributed by atoms with Crippen molar-refractivity contribution in [2.24, 2.45) is 5.41 Å². The molecule has 126 valence electrons. The molecule has 2 fully saturated rings. The number of aromatic nitrogens is 2. The number of nitrogens with zero attached hydrogens (tertiary/aromatic N) is 4. The second-order valence-corrected chi connectivity index (χ2v) is 6.70. The molecule has 1 atom stereocenters. The van der Waals surface area contributed by atoms with Crippen LogP contribution in [-0.2, 0) is 4.79 Å². The Morgan fingerprint density at radius 2 is 2.22 bits per heavy atom. The standard InChI is InChI=1S/C16H25N5O2/c17-13-4-7-18-15(19-13)21-8-1-5-16(12-21)6-3-14(23)20(11-16)9-2-10-22/h4,7,22H,1-3,5-6,8-12H2,(H2,17,18,19)/t16-/m1/s1. The molecule has 3 rings (SSSR count). The molecular weight excluding hydrogens is 294 g/mol. The molecule has 0 bridgehead atoms. The third-order valence-electron chi connectivity index (χ3n) is 4.94. The van der Waals surface area contributed by atoms with Gasteiger partial charge in [-0.1, -0.05) is 0 Å². The quantitative estimate of drug-likeness (QED) is 0.846. The lowest BCUT2D eigenvalue weighted by Gasteiger charge is -2.48. The monoisotopic (exact) mass is 319 g/mol. The van der Waals surface area contributed by atoms with E-state index in [1.54, 1.807) is 12.3 Å². The molecule has 0 radical (unpaired) electrons. The molecular formula is C16H25N5O2. The van der Waals surface area contributed by atoms with Crippen molar-refractivity contribution >= 4 is 17.7 Å². The molecule has 3 N–H and O–H groups in total. The van der Waals surface area contributed by atoms with Gasteiger partial charge in [0.25, 0.3) is 0 Å². The van der Waals surface area contributed by atoms with Gasteiger partial charge in [-0.15, -0.1) is 0 Å². The third-order valence-corrected chi connectivity index (χ3v) is 4.94. The van der Waals surface area contributed by atoms with E-state index >= 15 is 0 Å². The highest BCUT2D eigenvalue weighted by atomic mass is 16.3. The molecule has 0 saturated carbocycles. The van der Waals surface area contributed by atoms with Crippen molar-refractivity contribution in [3.63, 3.8) is 0 Å². The summed E-state index contributed by atoms with van der Waals surface area (Å²) in [4.78, 5) is 24.9. The molecule has 1 amide bonds. The van der Waals surface area contributed by atoms with Crippen LogP contribution in [0.1, 0.15) is 32.1 Å². The number of aliphatic hydroxyl groups excluding tert-OH is 1. The van der Waals surface area contributed by atoms with Gasteiger partial charge in [0.05, 0.1) is 0 Å². The van der Waals surface area contributed by atoms with Crippen LogP contribution in [0.3, 0.4) is 0 Å². The van der Waals surface area contributed by atoms with E-state index in [0.717, 1.165) is 38.9 Å². The summed E-state index contributed by atoms with van der Waals surface area (Å²) in [5.74, 6) is 1.38. The normalized spacial score (nSPS) is 25.2. The van der Waals surface area contributed by atoms with E-state index in [2.05, 4.69) is 14.9 Å². The maximum Gasteiger partial charge on any atom is 0.227 e. The minimum atomic E-state index is 0.107. The number of carbonyl (C=O) groups is 1. The third kappa shape index (κ3) is 3.55. The first-order chi connectivity index (χ1) is 11.1. The smallest absolute Gasteiger partial charge is 0.227 e. The summed E-state index contributed by atoms with van der Waals surface area (Å²) in [7, 11) is 0. The maximum atomic E-state index is 12.1. The number of likely N-dealkylation sites (tertiary alicyclic amines) is 1. The average molecular weight is 319 g/mol. The Labute approximate surface area is 136 Å². The Morgan fingerprint density at radius 1 is 1.35 bits per heavy atom. The molecule has 0 unspecified atom stereocenters. The molecule has 2 aliphatic heterocycles. The van der Waals surface area contributed by atoms with Crippen LogP contribution >= 0.6 is 0 Å². The first-order valence-corrected chi connectivity index (χ1v) is 8.34. The van der Waals surface area contributed by atoms with E-state index in [-0.39, 0.29) is 17.9 Å². The number of hydrogen-bond acceptors (Lipinski definition) is 6. The van der Waals surface area contributed by atoms with Crippen molar-refractivity contribution in [3.8, 4) is 0 Å². The van der Waals surface area contributed by atoms with Gasteiger partial charge < -0.3 is 20.6 Å². The molecule has 23 heavy (non-hydrogen) atoms. The van der Waals surface area contributed by atoms with E-state index in [0.29, 0.717) is 31.2 Å². The van der Waals surface area contributed by atoms with Crippen LogP contribution in [0, 0.1) is 5.41 Å². The molecule has 7 heteroatoms. The Bertz CT molecular complexity index is 567. The summed E-state index contributed by atoms with van der Waals surface area (Å²) < 4.78 is 0. The van der Waals surface area contributed by atoms with Gasteiger partial charge in [-0.25, -0.2) is 4.98 Å². The van der Waals surface area contributed by atoms with E-state index in [1.807, 2.05) is 4.90 Å². The van der Waals surface area contributed by atoms with E-state index in [9.17, 15) is 4.79 Å². The minimum absolute atomic E-state index is 0.107. The van der Waals surface area contributed by atoms with Gasteiger partial charge in [0.2, 0.25) is 11.9 Å². The number of nitrogen functional groups attached to an aromatic ring is 1. The SMILES string of the molecule is Nc1ccnc(N2CCC[C@]3(CCC(=O)N(CCCO)C3)C2)n1. The lowest BCUT2D eigenvalue weighted by molar-refractivity contribution is -0.138. The van der Waals surface area contributed by atoms with Gasteiger partial charge in [0.1, 0.15) is 5.82 Å². The first kappa shape index (κ1) is 16.0. The second kappa shape index (κ2) is 6.70. The van der Waals surface area contributed by atoms with Gasteiger partial charge in [0, 0.05) is 50.8 Å². The second-order valence-electron chi connectivity index (χ2n) is 6.70. The Morgan fingerprint density at radius 3 is 3.00 bits per heavy atom. The number of aliphatic hydroxyl groups is 1. The highest BCUT2D eigenvalue weighted by molar-refractivity contribution is 5.77. The Balaban J connectivity index is 1.72. The van der Waals surface area contributed by atoms with Crippen LogP contribution in [-0.4, -0.2) is 58.7 Å². The van der Waals surface area contributed by atoms with Crippen LogP contribution in [0.2, 0.25) is 0 Å². The Kier molecular flexibility index (Phi) is 4.66. The number of amides is 1. The van der Waals surface area contributed by atoms with Crippen LogP contribution in [0.4, 0.5) is 11.8 Å². The summed E-state index contributed by atoms with van der Waals surface area (Å²) in [6, 6.07) is 1.69. The summed E-state index contributed by atoms with van der Waals surface area (Å²) in [6.07, 6.45) is 6.03. The lowest BCUT2D eigenvalue weighted by Crippen LogP contribution is -2.54. The number of rotatable bonds is 4. The van der Waals surface area contributed by atoms with Crippen LogP contribution in [0.15, 0.2) is 12.3 Å². The summed E-state index contributed by atoms with van der Waals surface area (Å²) in [5, 5.41) is 9.03. The van der Waals surface area contributed by atoms with Crippen LogP contribution in [0.25, 0.3) is 0 Å². The van der Waals surface area contributed by atoms with Gasteiger partial charge in [-0.3, -0.25) is 4.79 Å². The molecule has 1 spiro atoms. The fourth-order valence-corrected chi connectivity index (χ4v) is 3.79. The first-order valence-electron chi connectivity index (χ1n) is 8.34. The molecule has 0 aliphatic carbocycles. The average Bonchev–Trinajstić information content (AvgIpc) is 2.56. The molecule has 3 heterocycles. The molecule has 1 aromatic heterocycles. The fourth-order valence-electron chi connectivity index (χ4n) is 3.79. The molecule has 7 nitrogen and oxygen atoms in total. The molecule has 1 aromatic rings. The highest BCUT2D eigenvalue weighted by Gasteiger charge is 2.42. The van der Waals surface area contributed by atoms with Gasteiger partial charge in [0.15, 0.2) is 0 Å². The zero-order chi connectivity index (χ0) is 16.3. The summed E-state index contributed by atoms with van der Waals surface area (Å²) >= 11 is 0. The van der Waals surface area contributed by atoms with E-state index in [4.69, 9.17) is 10.8 Å². The largest absolute Gasteiger partial charge is 0.396 e. The highest BCUT2D eigenvalue weighted by Crippen LogP contribution is 2.39. The summed E-state index contributed by atoms with van der Waals surface area (Å²) in [6.45, 7) is 3.33. The van der Waals surface area contributed by atoms with Crippen LogP contribution < -0.4 is 10.6 Å². The number of nitrogens with two attached hydrogens (primary N) is 1. The van der Waals surface area contributed by atoms with Gasteiger partial charge in [-0.2, -0.15) is 4.98 Å². The molecule has 2 saturated heterocycles. The van der Waals surface area contributed by atoms with Crippen molar-refractivity contribution in [1.82, 2.24) is 14.9 Å². The molecule has 2 aliphatic rings. The number of hydrogen-bond donors (Lipinski definition) is 2. The van der Waals surface area contributed by atoms with Gasteiger partial charge in [-0.05, 0) is 31.7 Å². The lowest BCUT2D eigenvalue weighted by atomic mass is 9.73. The maximum absolute atomic E-state index is 12.1. The minimum Gasteiger partial charge on any atom is -0.396 e. The van der Waals surface area contributed by atoms with Crippen molar-refractivity contribution < 1.29 is 9.90 Å².